The van der Waals surface area contributed by atoms with Crippen LogP contribution in [0.3, 0.4) is 0 Å². The topological polar surface area (TPSA) is 38.0 Å². The van der Waals surface area contributed by atoms with E-state index >= 15 is 0 Å². The maximum atomic E-state index is 5.58. The summed E-state index contributed by atoms with van der Waals surface area (Å²) in [7, 11) is 0. The molecule has 1 aromatic carbocycles. The van der Waals surface area contributed by atoms with Crippen LogP contribution < -0.4 is 11.3 Å². The van der Waals surface area contributed by atoms with E-state index in [0.717, 1.165) is 10.9 Å². The molecule has 0 aliphatic rings. The summed E-state index contributed by atoms with van der Waals surface area (Å²) in [5.74, 6) is 5.58. The summed E-state index contributed by atoms with van der Waals surface area (Å²) >= 11 is 3.43. The minimum absolute atomic E-state index is 0.168. The molecule has 0 radical (unpaired) electrons. The van der Waals surface area contributed by atoms with Crippen LogP contribution in [-0.2, 0) is 6.42 Å². The van der Waals surface area contributed by atoms with Crippen LogP contribution in [0.25, 0.3) is 0 Å². The van der Waals surface area contributed by atoms with E-state index in [0.29, 0.717) is 6.04 Å². The summed E-state index contributed by atoms with van der Waals surface area (Å²) in [5.41, 5.74) is 4.36. The van der Waals surface area contributed by atoms with E-state index in [-0.39, 0.29) is 5.41 Å². The van der Waals surface area contributed by atoms with Crippen molar-refractivity contribution in [3.05, 3.63) is 34.3 Å². The lowest BCUT2D eigenvalue weighted by atomic mass is 9.83. The van der Waals surface area contributed by atoms with Gasteiger partial charge in [-0.3, -0.25) is 11.3 Å². The molecule has 0 amide bonds. The van der Waals surface area contributed by atoms with Gasteiger partial charge in [0.05, 0.1) is 0 Å². The average Bonchev–Trinajstić information content (AvgIpc) is 2.15. The van der Waals surface area contributed by atoms with E-state index in [1.165, 1.54) is 5.56 Å². The second-order valence-electron chi connectivity index (χ2n) is 4.92. The molecule has 3 heteroatoms. The van der Waals surface area contributed by atoms with E-state index in [1.54, 1.807) is 0 Å². The van der Waals surface area contributed by atoms with Crippen LogP contribution in [0.2, 0.25) is 0 Å². The minimum atomic E-state index is 0.168. The Balaban J connectivity index is 2.71. The second kappa shape index (κ2) is 5.10. The van der Waals surface area contributed by atoms with E-state index in [9.17, 15) is 0 Å². The lowest BCUT2D eigenvalue weighted by Crippen LogP contribution is -2.45. The predicted octanol–water partition coefficient (Wildman–Crippen LogP) is 2.87. The molecule has 0 aromatic heterocycles. The van der Waals surface area contributed by atoms with Crippen molar-refractivity contribution in [2.75, 3.05) is 0 Å². The van der Waals surface area contributed by atoms with E-state index < -0.39 is 0 Å². The summed E-state index contributed by atoms with van der Waals surface area (Å²) in [4.78, 5) is 0. The Bertz CT molecular complexity index is 300. The lowest BCUT2D eigenvalue weighted by molar-refractivity contribution is 0.269. The van der Waals surface area contributed by atoms with Crippen molar-refractivity contribution in [1.29, 1.82) is 0 Å². The first-order valence-corrected chi connectivity index (χ1v) is 5.93. The first-order chi connectivity index (χ1) is 6.93. The molecule has 84 valence electrons. The van der Waals surface area contributed by atoms with Crippen LogP contribution >= 0.6 is 15.9 Å². The molecule has 0 aliphatic heterocycles. The SMILES string of the molecule is CC(C)(C)C(Cc1ccc(Br)cc1)NN. The quantitative estimate of drug-likeness (QED) is 0.655. The van der Waals surface area contributed by atoms with Crippen molar-refractivity contribution in [1.82, 2.24) is 5.43 Å². The summed E-state index contributed by atoms with van der Waals surface area (Å²) < 4.78 is 1.11. The van der Waals surface area contributed by atoms with Gasteiger partial charge in [-0.15, -0.1) is 0 Å². The minimum Gasteiger partial charge on any atom is -0.271 e. The molecule has 3 N–H and O–H groups in total. The molecular weight excluding hydrogens is 252 g/mol. The van der Waals surface area contributed by atoms with E-state index in [4.69, 9.17) is 5.84 Å². The largest absolute Gasteiger partial charge is 0.271 e. The zero-order valence-corrected chi connectivity index (χ0v) is 11.1. The Hall–Kier alpha value is -0.380. The highest BCUT2D eigenvalue weighted by molar-refractivity contribution is 9.10. The molecule has 1 atom stereocenters. The van der Waals surface area contributed by atoms with Gasteiger partial charge in [-0.2, -0.15) is 0 Å². The smallest absolute Gasteiger partial charge is 0.0299 e. The van der Waals surface area contributed by atoms with Crippen LogP contribution in [0, 0.1) is 5.41 Å². The number of nitrogens with one attached hydrogen (secondary N) is 1. The van der Waals surface area contributed by atoms with Crippen LogP contribution in [0.4, 0.5) is 0 Å². The number of nitrogens with two attached hydrogens (primary N) is 1. The lowest BCUT2D eigenvalue weighted by Gasteiger charge is -2.30. The molecule has 1 aromatic rings. The third kappa shape index (κ3) is 3.93. The summed E-state index contributed by atoms with van der Waals surface area (Å²) in [6, 6.07) is 8.66. The van der Waals surface area contributed by atoms with Crippen LogP contribution in [0.5, 0.6) is 0 Å². The molecule has 2 nitrogen and oxygen atoms in total. The Morgan fingerprint density at radius 2 is 1.80 bits per heavy atom. The van der Waals surface area contributed by atoms with Crippen molar-refractivity contribution in [2.24, 2.45) is 11.3 Å². The van der Waals surface area contributed by atoms with Gasteiger partial charge in [-0.05, 0) is 29.5 Å². The van der Waals surface area contributed by atoms with Gasteiger partial charge < -0.3 is 0 Å². The molecule has 0 saturated heterocycles. The van der Waals surface area contributed by atoms with Gasteiger partial charge in [0.2, 0.25) is 0 Å². The predicted molar refractivity (Wildman–Crippen MR) is 68.4 cm³/mol. The van der Waals surface area contributed by atoms with Gasteiger partial charge >= 0.3 is 0 Å². The van der Waals surface area contributed by atoms with Gasteiger partial charge in [0.15, 0.2) is 0 Å². The van der Waals surface area contributed by atoms with Gasteiger partial charge in [-0.25, -0.2) is 0 Å². The van der Waals surface area contributed by atoms with Crippen molar-refractivity contribution >= 4 is 15.9 Å². The third-order valence-electron chi connectivity index (χ3n) is 2.60. The van der Waals surface area contributed by atoms with Gasteiger partial charge in [0, 0.05) is 10.5 Å². The monoisotopic (exact) mass is 270 g/mol. The normalized spacial score (nSPS) is 13.9. The summed E-state index contributed by atoms with van der Waals surface area (Å²) in [6.45, 7) is 6.57. The van der Waals surface area contributed by atoms with Gasteiger partial charge in [-0.1, -0.05) is 48.8 Å². The van der Waals surface area contributed by atoms with Gasteiger partial charge in [0.25, 0.3) is 0 Å². The molecule has 1 unspecified atom stereocenters. The highest BCUT2D eigenvalue weighted by Gasteiger charge is 2.23. The molecule has 0 saturated carbocycles. The summed E-state index contributed by atoms with van der Waals surface area (Å²) in [6.07, 6.45) is 0.952. The summed E-state index contributed by atoms with van der Waals surface area (Å²) in [5, 5.41) is 0. The first kappa shape index (κ1) is 12.7. The second-order valence-corrected chi connectivity index (χ2v) is 5.83. The van der Waals surface area contributed by atoms with Crippen molar-refractivity contribution < 1.29 is 0 Å². The highest BCUT2D eigenvalue weighted by atomic mass is 79.9. The zero-order valence-electron chi connectivity index (χ0n) is 9.55. The highest BCUT2D eigenvalue weighted by Crippen LogP contribution is 2.22. The molecule has 15 heavy (non-hydrogen) atoms. The number of hydrogen-bond donors (Lipinski definition) is 2. The fourth-order valence-corrected chi connectivity index (χ4v) is 1.74. The van der Waals surface area contributed by atoms with Crippen molar-refractivity contribution in [3.8, 4) is 0 Å². The maximum Gasteiger partial charge on any atom is 0.0299 e. The molecule has 0 heterocycles. The number of rotatable bonds is 3. The number of hydrazine groups is 1. The first-order valence-electron chi connectivity index (χ1n) is 5.14. The molecule has 0 bridgehead atoms. The average molecular weight is 271 g/mol. The van der Waals surface area contributed by atoms with Crippen molar-refractivity contribution in [2.45, 2.75) is 33.2 Å². The molecular formula is C12H19BrN2. The Morgan fingerprint density at radius 1 is 1.27 bits per heavy atom. The van der Waals surface area contributed by atoms with E-state index in [1.807, 2.05) is 0 Å². The third-order valence-corrected chi connectivity index (χ3v) is 3.13. The van der Waals surface area contributed by atoms with Gasteiger partial charge in [0.1, 0.15) is 0 Å². The molecule has 1 rings (SSSR count). The van der Waals surface area contributed by atoms with Crippen molar-refractivity contribution in [3.63, 3.8) is 0 Å². The standard InChI is InChI=1S/C12H19BrN2/c1-12(2,3)11(15-14)8-9-4-6-10(13)7-5-9/h4-7,11,15H,8,14H2,1-3H3. The van der Waals surface area contributed by atoms with Crippen LogP contribution in [-0.4, -0.2) is 6.04 Å². The van der Waals surface area contributed by atoms with Crippen LogP contribution in [0.15, 0.2) is 28.7 Å². The zero-order chi connectivity index (χ0) is 11.5. The molecule has 0 fully saturated rings. The molecule has 0 spiro atoms. The number of benzene rings is 1. The molecule has 0 aliphatic carbocycles. The Morgan fingerprint density at radius 3 is 2.20 bits per heavy atom. The van der Waals surface area contributed by atoms with Crippen LogP contribution in [0.1, 0.15) is 26.3 Å². The number of hydrogen-bond acceptors (Lipinski definition) is 2. The van der Waals surface area contributed by atoms with E-state index in [2.05, 4.69) is 66.4 Å². The Labute approximate surface area is 100 Å². The fraction of sp³-hybridized carbons (Fsp3) is 0.500. The Kier molecular flexibility index (Phi) is 4.32. The number of halogens is 1. The fourth-order valence-electron chi connectivity index (χ4n) is 1.47. The maximum absolute atomic E-state index is 5.58.